The summed E-state index contributed by atoms with van der Waals surface area (Å²) in [7, 11) is 0. The van der Waals surface area contributed by atoms with Crippen LogP contribution in [0.3, 0.4) is 0 Å². The molecule has 2 nitrogen and oxygen atoms in total. The van der Waals surface area contributed by atoms with Gasteiger partial charge in [0.2, 0.25) is 0 Å². The van der Waals surface area contributed by atoms with Crippen molar-refractivity contribution in [2.24, 2.45) is 5.73 Å². The van der Waals surface area contributed by atoms with Crippen LogP contribution in [0.2, 0.25) is 0 Å². The van der Waals surface area contributed by atoms with Crippen LogP contribution in [-0.2, 0) is 6.42 Å². The number of halogens is 1. The summed E-state index contributed by atoms with van der Waals surface area (Å²) in [6.07, 6.45) is 1.88. The summed E-state index contributed by atoms with van der Waals surface area (Å²) in [4.78, 5) is 0. The maximum atomic E-state index is 13.2. The Morgan fingerprint density at radius 1 is 1.15 bits per heavy atom. The molecular weight excluding hydrogens is 253 g/mol. The molecule has 1 atom stereocenters. The molecule has 0 aliphatic heterocycles. The molecule has 2 rings (SSSR count). The van der Waals surface area contributed by atoms with Gasteiger partial charge in [-0.15, -0.1) is 0 Å². The van der Waals surface area contributed by atoms with E-state index in [0.29, 0.717) is 17.9 Å². The highest BCUT2D eigenvalue weighted by molar-refractivity contribution is 5.36. The molecule has 2 N–H and O–H groups in total. The first kappa shape index (κ1) is 14.5. The van der Waals surface area contributed by atoms with E-state index in [-0.39, 0.29) is 11.9 Å². The summed E-state index contributed by atoms with van der Waals surface area (Å²) in [5.74, 6) is 0.392. The van der Waals surface area contributed by atoms with Crippen molar-refractivity contribution < 1.29 is 9.13 Å². The Bertz CT molecular complexity index is 540. The summed E-state index contributed by atoms with van der Waals surface area (Å²) in [5, 5.41) is 0. The Morgan fingerprint density at radius 2 is 1.90 bits per heavy atom. The van der Waals surface area contributed by atoms with Gasteiger partial charge in [-0.2, -0.15) is 0 Å². The van der Waals surface area contributed by atoms with Gasteiger partial charge in [-0.1, -0.05) is 30.3 Å². The first-order valence-electron chi connectivity index (χ1n) is 6.88. The fourth-order valence-electron chi connectivity index (χ4n) is 2.11. The van der Waals surface area contributed by atoms with E-state index in [9.17, 15) is 4.39 Å². The highest BCUT2D eigenvalue weighted by atomic mass is 19.1. The van der Waals surface area contributed by atoms with Crippen LogP contribution in [0.4, 0.5) is 4.39 Å². The second-order valence-electron chi connectivity index (χ2n) is 4.91. The van der Waals surface area contributed by atoms with E-state index in [2.05, 4.69) is 12.1 Å². The normalized spacial score (nSPS) is 12.2. The van der Waals surface area contributed by atoms with Crippen LogP contribution in [0.15, 0.2) is 48.5 Å². The van der Waals surface area contributed by atoms with E-state index in [1.54, 1.807) is 6.07 Å². The minimum absolute atomic E-state index is 0.241. The minimum atomic E-state index is -0.283. The maximum Gasteiger partial charge on any atom is 0.124 e. The molecule has 0 heterocycles. The lowest BCUT2D eigenvalue weighted by atomic mass is 10.1. The molecule has 0 aliphatic carbocycles. The smallest absolute Gasteiger partial charge is 0.124 e. The predicted octanol–water partition coefficient (Wildman–Crippen LogP) is 3.86. The fourth-order valence-corrected chi connectivity index (χ4v) is 2.11. The zero-order valence-electron chi connectivity index (χ0n) is 11.7. The molecular formula is C17H20FNO. The van der Waals surface area contributed by atoms with E-state index in [1.165, 1.54) is 17.7 Å². The van der Waals surface area contributed by atoms with E-state index in [4.69, 9.17) is 10.5 Å². The molecule has 106 valence electrons. The van der Waals surface area contributed by atoms with Gasteiger partial charge in [0.15, 0.2) is 0 Å². The van der Waals surface area contributed by atoms with Crippen molar-refractivity contribution in [2.45, 2.75) is 25.8 Å². The van der Waals surface area contributed by atoms with Gasteiger partial charge >= 0.3 is 0 Å². The lowest BCUT2D eigenvalue weighted by Gasteiger charge is -2.14. The number of ether oxygens (including phenoxy) is 1. The molecule has 0 radical (unpaired) electrons. The molecule has 0 fully saturated rings. The number of benzene rings is 2. The van der Waals surface area contributed by atoms with Crippen LogP contribution in [0.1, 0.15) is 30.5 Å². The number of nitrogens with two attached hydrogens (primary N) is 1. The highest BCUT2D eigenvalue weighted by Gasteiger charge is 2.09. The number of hydrogen-bond donors (Lipinski definition) is 1. The molecule has 0 saturated heterocycles. The van der Waals surface area contributed by atoms with Gasteiger partial charge < -0.3 is 10.5 Å². The molecule has 20 heavy (non-hydrogen) atoms. The molecule has 3 heteroatoms. The van der Waals surface area contributed by atoms with Crippen molar-refractivity contribution in [3.63, 3.8) is 0 Å². The molecule has 0 aliphatic rings. The number of rotatable bonds is 6. The first-order chi connectivity index (χ1) is 9.66. The second-order valence-corrected chi connectivity index (χ2v) is 4.91. The highest BCUT2D eigenvalue weighted by Crippen LogP contribution is 2.24. The van der Waals surface area contributed by atoms with Gasteiger partial charge in [0.1, 0.15) is 11.6 Å². The van der Waals surface area contributed by atoms with Gasteiger partial charge in [0, 0.05) is 11.6 Å². The average molecular weight is 273 g/mol. The van der Waals surface area contributed by atoms with Gasteiger partial charge in [0.25, 0.3) is 0 Å². The summed E-state index contributed by atoms with van der Waals surface area (Å²) < 4.78 is 18.9. The monoisotopic (exact) mass is 273 g/mol. The second kappa shape index (κ2) is 7.06. The maximum absolute atomic E-state index is 13.2. The lowest BCUT2D eigenvalue weighted by molar-refractivity contribution is 0.306. The van der Waals surface area contributed by atoms with Crippen molar-refractivity contribution in [1.29, 1.82) is 0 Å². The van der Waals surface area contributed by atoms with Crippen LogP contribution < -0.4 is 10.5 Å². The van der Waals surface area contributed by atoms with Crippen LogP contribution in [0.5, 0.6) is 5.75 Å². The van der Waals surface area contributed by atoms with Gasteiger partial charge in [-0.05, 0) is 43.5 Å². The zero-order valence-corrected chi connectivity index (χ0v) is 11.7. The third-order valence-corrected chi connectivity index (χ3v) is 3.17. The van der Waals surface area contributed by atoms with Crippen molar-refractivity contribution in [1.82, 2.24) is 0 Å². The Labute approximate surface area is 119 Å². The van der Waals surface area contributed by atoms with E-state index >= 15 is 0 Å². The molecule has 0 saturated carbocycles. The van der Waals surface area contributed by atoms with E-state index in [1.807, 2.05) is 25.1 Å². The Kier molecular flexibility index (Phi) is 5.13. The standard InChI is InChI=1S/C17H20FNO/c1-13(19)16-12-15(18)9-10-17(16)20-11-5-8-14-6-3-2-4-7-14/h2-4,6-7,9-10,12-13H,5,8,11,19H2,1H3. The predicted molar refractivity (Wildman–Crippen MR) is 79.3 cm³/mol. The van der Waals surface area contributed by atoms with Gasteiger partial charge in [-0.25, -0.2) is 4.39 Å². The Balaban J connectivity index is 1.88. The molecule has 2 aromatic carbocycles. The average Bonchev–Trinajstić information content (AvgIpc) is 2.45. The Morgan fingerprint density at radius 3 is 2.60 bits per heavy atom. The third-order valence-electron chi connectivity index (χ3n) is 3.17. The summed E-state index contributed by atoms with van der Waals surface area (Å²) in [5.41, 5.74) is 7.84. The molecule has 2 aromatic rings. The number of aryl methyl sites for hydroxylation is 1. The minimum Gasteiger partial charge on any atom is -0.493 e. The topological polar surface area (TPSA) is 35.2 Å². The van der Waals surface area contributed by atoms with E-state index < -0.39 is 0 Å². The lowest BCUT2D eigenvalue weighted by Crippen LogP contribution is -2.09. The quantitative estimate of drug-likeness (QED) is 0.811. The first-order valence-corrected chi connectivity index (χ1v) is 6.88. The molecule has 0 aromatic heterocycles. The van der Waals surface area contributed by atoms with Crippen molar-refractivity contribution in [3.8, 4) is 5.75 Å². The van der Waals surface area contributed by atoms with Crippen LogP contribution in [0, 0.1) is 5.82 Å². The number of hydrogen-bond acceptors (Lipinski definition) is 2. The van der Waals surface area contributed by atoms with Crippen molar-refractivity contribution in [2.75, 3.05) is 6.61 Å². The van der Waals surface area contributed by atoms with Crippen LogP contribution >= 0.6 is 0 Å². The molecule has 0 amide bonds. The molecule has 0 bridgehead atoms. The fraction of sp³-hybridized carbons (Fsp3) is 0.294. The summed E-state index contributed by atoms with van der Waals surface area (Å²) in [6.45, 7) is 2.42. The van der Waals surface area contributed by atoms with Crippen molar-refractivity contribution >= 4 is 0 Å². The summed E-state index contributed by atoms with van der Waals surface area (Å²) >= 11 is 0. The zero-order chi connectivity index (χ0) is 14.4. The SMILES string of the molecule is CC(N)c1cc(F)ccc1OCCCc1ccccc1. The third kappa shape index (κ3) is 4.07. The van der Waals surface area contributed by atoms with Crippen molar-refractivity contribution in [3.05, 3.63) is 65.5 Å². The summed E-state index contributed by atoms with van der Waals surface area (Å²) in [6, 6.07) is 14.5. The van der Waals surface area contributed by atoms with E-state index in [0.717, 1.165) is 12.8 Å². The van der Waals surface area contributed by atoms with Crippen LogP contribution in [0.25, 0.3) is 0 Å². The van der Waals surface area contributed by atoms with Gasteiger partial charge in [0.05, 0.1) is 6.61 Å². The molecule has 1 unspecified atom stereocenters. The molecule has 0 spiro atoms. The van der Waals surface area contributed by atoms with Gasteiger partial charge in [-0.3, -0.25) is 0 Å². The van der Waals surface area contributed by atoms with Crippen LogP contribution in [-0.4, -0.2) is 6.61 Å². The largest absolute Gasteiger partial charge is 0.493 e. The Hall–Kier alpha value is -1.87.